The summed E-state index contributed by atoms with van der Waals surface area (Å²) in [7, 11) is 1.65. The van der Waals surface area contributed by atoms with Crippen LogP contribution in [0.4, 0.5) is 0 Å². The largest absolute Gasteiger partial charge is 0.372 e. The molecule has 6 atom stereocenters. The quantitative estimate of drug-likeness (QED) is 0.114. The normalized spacial score (nSPS) is 23.9. The monoisotopic (exact) mass is 682 g/mol. The molecule has 0 bridgehead atoms. The second kappa shape index (κ2) is 15.7. The molecule has 10 heteroatoms. The van der Waals surface area contributed by atoms with Gasteiger partial charge in [0, 0.05) is 39.0 Å². The number of aromatic nitrogens is 4. The number of unbranched alkanes of at least 4 members (excludes halogenated alkanes) is 2. The Morgan fingerprint density at radius 1 is 0.700 bits per heavy atom. The highest BCUT2D eigenvalue weighted by atomic mass is 16.8. The average Bonchev–Trinajstić information content (AvgIpc) is 3.70. The molecule has 0 spiro atoms. The molecule has 2 saturated heterocycles. The third-order valence-electron chi connectivity index (χ3n) is 10.3. The highest BCUT2D eigenvalue weighted by Gasteiger charge is 2.51. The zero-order valence-corrected chi connectivity index (χ0v) is 29.9. The number of methoxy groups -OCH3 is 1. The molecule has 1 unspecified atom stereocenters. The van der Waals surface area contributed by atoms with E-state index in [1.54, 1.807) is 7.11 Å². The minimum atomic E-state index is -0.602. The molecule has 266 valence electrons. The Labute approximate surface area is 294 Å². The van der Waals surface area contributed by atoms with Gasteiger partial charge in [-0.15, -0.1) is 0 Å². The van der Waals surface area contributed by atoms with Gasteiger partial charge in [-0.25, -0.2) is 9.97 Å². The molecule has 50 heavy (non-hydrogen) atoms. The van der Waals surface area contributed by atoms with Gasteiger partial charge in [0.2, 0.25) is 0 Å². The number of ether oxygens (including phenoxy) is 6. The van der Waals surface area contributed by atoms with Crippen molar-refractivity contribution in [1.29, 1.82) is 0 Å². The minimum Gasteiger partial charge on any atom is -0.372 e. The van der Waals surface area contributed by atoms with Crippen LogP contribution in [0.25, 0.3) is 22.1 Å². The molecule has 2 aliphatic rings. The van der Waals surface area contributed by atoms with E-state index < -0.39 is 24.8 Å². The summed E-state index contributed by atoms with van der Waals surface area (Å²) in [5.74, 6) is 0. The fourth-order valence-corrected chi connectivity index (χ4v) is 7.07. The molecular weight excluding hydrogens is 632 g/mol. The minimum absolute atomic E-state index is 0.338. The lowest BCUT2D eigenvalue weighted by Crippen LogP contribution is -2.63. The second-order valence-corrected chi connectivity index (χ2v) is 13.8. The lowest BCUT2D eigenvalue weighted by atomic mass is 9.97. The molecule has 2 aliphatic heterocycles. The number of imidazole rings is 2. The zero-order chi connectivity index (χ0) is 34.6. The topological polar surface area (TPSA) is 91.0 Å². The summed E-state index contributed by atoms with van der Waals surface area (Å²) in [6.45, 7) is 11.8. The van der Waals surface area contributed by atoms with Crippen molar-refractivity contribution in [2.45, 2.75) is 103 Å². The summed E-state index contributed by atoms with van der Waals surface area (Å²) in [5.41, 5.74) is 10.5. The molecule has 4 heterocycles. The van der Waals surface area contributed by atoms with Crippen LogP contribution >= 0.6 is 0 Å². The molecule has 0 radical (unpaired) electrons. The van der Waals surface area contributed by atoms with Crippen LogP contribution in [-0.2, 0) is 41.5 Å². The Kier molecular flexibility index (Phi) is 10.9. The van der Waals surface area contributed by atoms with Gasteiger partial charge in [-0.2, -0.15) is 0 Å². The highest BCUT2D eigenvalue weighted by molar-refractivity contribution is 5.78. The van der Waals surface area contributed by atoms with Crippen molar-refractivity contribution in [2.24, 2.45) is 0 Å². The highest BCUT2D eigenvalue weighted by Crippen LogP contribution is 2.37. The van der Waals surface area contributed by atoms with E-state index in [0.717, 1.165) is 55.4 Å². The van der Waals surface area contributed by atoms with Gasteiger partial charge < -0.3 is 37.6 Å². The fraction of sp³-hybridized carbons (Fsp3) is 0.500. The average molecular weight is 683 g/mol. The number of fused-ring (bicyclic) bond motifs is 3. The van der Waals surface area contributed by atoms with E-state index in [-0.39, 0.29) is 12.2 Å². The van der Waals surface area contributed by atoms with Gasteiger partial charge in [-0.05, 0) is 99.9 Å². The van der Waals surface area contributed by atoms with Gasteiger partial charge in [-0.3, -0.25) is 0 Å². The number of nitrogens with zero attached hydrogens (tertiary/aromatic N) is 4. The van der Waals surface area contributed by atoms with Crippen LogP contribution in [-0.4, -0.2) is 76.7 Å². The summed E-state index contributed by atoms with van der Waals surface area (Å²) in [6.07, 6.45) is 4.85. The van der Waals surface area contributed by atoms with Crippen molar-refractivity contribution in [3.05, 3.63) is 95.1 Å². The van der Waals surface area contributed by atoms with Crippen molar-refractivity contribution in [2.75, 3.05) is 26.9 Å². The smallest absolute Gasteiger partial charge is 0.186 e. The first-order chi connectivity index (χ1) is 24.4. The molecule has 0 aliphatic carbocycles. The maximum Gasteiger partial charge on any atom is 0.186 e. The Hall–Kier alpha value is -3.64. The molecular formula is C40H50N4O6. The number of benzene rings is 3. The van der Waals surface area contributed by atoms with Crippen molar-refractivity contribution in [3.8, 4) is 0 Å². The van der Waals surface area contributed by atoms with Gasteiger partial charge in [0.25, 0.3) is 0 Å². The first kappa shape index (κ1) is 34.8. The number of hydrogen-bond acceptors (Lipinski definition) is 8. The SMILES string of the molecule is CO[C@H]1O[C@@H]2COC(c3ccccc3)O[C@H]2[C@H](OCCCCn2cnc3cc(C)c(C)cc32)[C@H]1OCCCCn1cnc2cc(C)c(C)cc21. The standard InChI is InChI=1S/C40H50N4O6/c1-26-19-31-33(21-28(26)3)43(24-41-31)15-9-11-17-46-37-36-35(23-48-39(50-36)30-13-7-6-8-14-30)49-40(45-5)38(37)47-18-12-10-16-44-25-42-32-20-27(2)29(4)22-34(32)44/h6-8,13-14,19-22,24-25,35-40H,9-12,15-18,23H2,1-5H3/t35-,36-,37+,38-,39?,40+/m1/s1. The van der Waals surface area contributed by atoms with E-state index in [0.29, 0.717) is 19.8 Å². The van der Waals surface area contributed by atoms with Crippen LogP contribution in [0.3, 0.4) is 0 Å². The first-order valence-corrected chi connectivity index (χ1v) is 18.0. The Balaban J connectivity index is 0.995. The summed E-state index contributed by atoms with van der Waals surface area (Å²) >= 11 is 0. The van der Waals surface area contributed by atoms with Crippen molar-refractivity contribution in [1.82, 2.24) is 19.1 Å². The van der Waals surface area contributed by atoms with Crippen LogP contribution < -0.4 is 0 Å². The molecule has 2 aromatic heterocycles. The fourth-order valence-electron chi connectivity index (χ4n) is 7.07. The maximum absolute atomic E-state index is 6.71. The summed E-state index contributed by atoms with van der Waals surface area (Å²) in [6, 6.07) is 18.8. The first-order valence-electron chi connectivity index (χ1n) is 18.0. The Bertz CT molecular complexity index is 1870. The van der Waals surface area contributed by atoms with Crippen LogP contribution in [0.5, 0.6) is 0 Å². The van der Waals surface area contributed by atoms with Crippen LogP contribution in [0.1, 0.15) is 59.8 Å². The molecule has 7 rings (SSSR count). The summed E-state index contributed by atoms with van der Waals surface area (Å²) in [5, 5.41) is 0. The molecule has 2 fully saturated rings. The van der Waals surface area contributed by atoms with Crippen LogP contribution in [0, 0.1) is 27.7 Å². The molecule has 0 amide bonds. The van der Waals surface area contributed by atoms with E-state index in [9.17, 15) is 0 Å². The third-order valence-corrected chi connectivity index (χ3v) is 10.3. The Morgan fingerprint density at radius 3 is 1.84 bits per heavy atom. The van der Waals surface area contributed by atoms with E-state index in [1.807, 2.05) is 43.0 Å². The van der Waals surface area contributed by atoms with E-state index >= 15 is 0 Å². The lowest BCUT2D eigenvalue weighted by molar-refractivity contribution is -0.367. The molecule has 3 aromatic carbocycles. The van der Waals surface area contributed by atoms with E-state index in [4.69, 9.17) is 28.4 Å². The number of rotatable bonds is 14. The predicted octanol–water partition coefficient (Wildman–Crippen LogP) is 7.14. The summed E-state index contributed by atoms with van der Waals surface area (Å²) < 4.78 is 42.7. The van der Waals surface area contributed by atoms with Crippen LogP contribution in [0.15, 0.2) is 67.3 Å². The van der Waals surface area contributed by atoms with Crippen molar-refractivity contribution >= 4 is 22.1 Å². The van der Waals surface area contributed by atoms with Gasteiger partial charge in [-0.1, -0.05) is 30.3 Å². The lowest BCUT2D eigenvalue weighted by Gasteiger charge is -2.48. The van der Waals surface area contributed by atoms with Gasteiger partial charge >= 0.3 is 0 Å². The van der Waals surface area contributed by atoms with E-state index in [2.05, 4.69) is 71.1 Å². The second-order valence-electron chi connectivity index (χ2n) is 13.8. The molecule has 5 aromatic rings. The molecule has 10 nitrogen and oxygen atoms in total. The molecule has 0 N–H and O–H groups in total. The van der Waals surface area contributed by atoms with Crippen molar-refractivity contribution in [3.63, 3.8) is 0 Å². The molecule has 0 saturated carbocycles. The van der Waals surface area contributed by atoms with Gasteiger partial charge in [0.05, 0.1) is 41.3 Å². The third kappa shape index (κ3) is 7.51. The maximum atomic E-state index is 6.71. The van der Waals surface area contributed by atoms with E-state index in [1.165, 1.54) is 33.3 Å². The van der Waals surface area contributed by atoms with Gasteiger partial charge in [0.1, 0.15) is 24.4 Å². The van der Waals surface area contributed by atoms with Gasteiger partial charge in [0.15, 0.2) is 12.6 Å². The Morgan fingerprint density at radius 2 is 1.26 bits per heavy atom. The number of hydrogen-bond donors (Lipinski definition) is 0. The zero-order valence-electron chi connectivity index (χ0n) is 29.9. The van der Waals surface area contributed by atoms with Crippen molar-refractivity contribution < 1.29 is 28.4 Å². The number of aryl methyl sites for hydroxylation is 6. The predicted molar refractivity (Wildman–Crippen MR) is 192 cm³/mol. The summed E-state index contributed by atoms with van der Waals surface area (Å²) in [4.78, 5) is 9.25. The van der Waals surface area contributed by atoms with Crippen LogP contribution in [0.2, 0.25) is 0 Å².